The second-order valence-electron chi connectivity index (χ2n) is 3.38. The van der Waals surface area contributed by atoms with Crippen LogP contribution in [0.2, 0.25) is 4.34 Å². The van der Waals surface area contributed by atoms with Crippen molar-refractivity contribution in [3.05, 3.63) is 16.5 Å². The molecule has 0 aromatic carbocycles. The maximum atomic E-state index is 5.89. The van der Waals surface area contributed by atoms with Gasteiger partial charge < -0.3 is 10.2 Å². The van der Waals surface area contributed by atoms with E-state index in [9.17, 15) is 0 Å². The third kappa shape index (κ3) is 2.16. The van der Waals surface area contributed by atoms with E-state index in [-0.39, 0.29) is 0 Å². The van der Waals surface area contributed by atoms with Crippen molar-refractivity contribution in [2.24, 2.45) is 0 Å². The van der Waals surface area contributed by atoms with Gasteiger partial charge in [0, 0.05) is 25.7 Å². The van der Waals surface area contributed by atoms with Crippen molar-refractivity contribution in [2.75, 3.05) is 24.5 Å². The molecule has 1 fully saturated rings. The van der Waals surface area contributed by atoms with E-state index in [0.29, 0.717) is 6.04 Å². The fourth-order valence-electron chi connectivity index (χ4n) is 1.61. The first-order valence-corrected chi connectivity index (χ1v) is 5.69. The van der Waals surface area contributed by atoms with Crippen molar-refractivity contribution in [1.29, 1.82) is 0 Å². The lowest BCUT2D eigenvalue weighted by Crippen LogP contribution is -2.49. The fourth-order valence-corrected chi connectivity index (χ4v) is 2.67. The highest BCUT2D eigenvalue weighted by atomic mass is 35.5. The Morgan fingerprint density at radius 2 is 2.46 bits per heavy atom. The van der Waals surface area contributed by atoms with Gasteiger partial charge in [-0.15, -0.1) is 11.3 Å². The van der Waals surface area contributed by atoms with E-state index in [4.69, 9.17) is 11.6 Å². The van der Waals surface area contributed by atoms with Gasteiger partial charge in [0.15, 0.2) is 0 Å². The van der Waals surface area contributed by atoms with Gasteiger partial charge in [0.1, 0.15) is 0 Å². The highest BCUT2D eigenvalue weighted by Gasteiger charge is 2.16. The summed E-state index contributed by atoms with van der Waals surface area (Å²) in [6.07, 6.45) is 0. The molecule has 1 aliphatic rings. The summed E-state index contributed by atoms with van der Waals surface area (Å²) < 4.78 is 0.876. The summed E-state index contributed by atoms with van der Waals surface area (Å²) in [6.45, 7) is 5.44. The lowest BCUT2D eigenvalue weighted by molar-refractivity contribution is 0.486. The van der Waals surface area contributed by atoms with E-state index in [2.05, 4.69) is 23.2 Å². The number of hydrogen-bond donors (Lipinski definition) is 1. The molecular weight excluding hydrogens is 204 g/mol. The zero-order chi connectivity index (χ0) is 9.26. The van der Waals surface area contributed by atoms with Gasteiger partial charge in [0.25, 0.3) is 0 Å². The summed E-state index contributed by atoms with van der Waals surface area (Å²) in [4.78, 5) is 2.39. The summed E-state index contributed by atoms with van der Waals surface area (Å²) in [5.41, 5.74) is 0. The number of nitrogens with one attached hydrogen (secondary N) is 1. The molecule has 72 valence electrons. The fraction of sp³-hybridized carbons (Fsp3) is 0.556. The van der Waals surface area contributed by atoms with Crippen LogP contribution in [0.4, 0.5) is 5.00 Å². The summed E-state index contributed by atoms with van der Waals surface area (Å²) in [5, 5.41) is 4.71. The first-order valence-electron chi connectivity index (χ1n) is 4.49. The molecule has 0 bridgehead atoms. The maximum absolute atomic E-state index is 5.89. The highest BCUT2D eigenvalue weighted by Crippen LogP contribution is 2.29. The Morgan fingerprint density at radius 1 is 1.62 bits per heavy atom. The van der Waals surface area contributed by atoms with Gasteiger partial charge >= 0.3 is 0 Å². The summed E-state index contributed by atoms with van der Waals surface area (Å²) in [7, 11) is 0. The lowest BCUT2D eigenvalue weighted by atomic mass is 10.2. The molecule has 1 aliphatic heterocycles. The average Bonchev–Trinajstić information content (AvgIpc) is 2.52. The number of piperazine rings is 1. The van der Waals surface area contributed by atoms with Crippen LogP contribution < -0.4 is 10.2 Å². The minimum atomic E-state index is 0.578. The largest absolute Gasteiger partial charge is 0.361 e. The van der Waals surface area contributed by atoms with Crippen LogP contribution in [0, 0.1) is 0 Å². The molecule has 1 saturated heterocycles. The molecule has 1 atom stereocenters. The zero-order valence-corrected chi connectivity index (χ0v) is 9.16. The smallest absolute Gasteiger partial charge is 0.0950 e. The molecule has 2 heterocycles. The number of thiophene rings is 1. The Labute approximate surface area is 87.5 Å². The van der Waals surface area contributed by atoms with Crippen LogP contribution in [0.25, 0.3) is 0 Å². The number of nitrogens with zero attached hydrogens (tertiary/aromatic N) is 1. The minimum Gasteiger partial charge on any atom is -0.361 e. The van der Waals surface area contributed by atoms with Gasteiger partial charge in [-0.2, -0.15) is 0 Å². The molecule has 13 heavy (non-hydrogen) atoms. The van der Waals surface area contributed by atoms with Crippen LogP contribution in [0.1, 0.15) is 6.92 Å². The van der Waals surface area contributed by atoms with E-state index in [1.807, 2.05) is 6.07 Å². The minimum absolute atomic E-state index is 0.578. The summed E-state index contributed by atoms with van der Waals surface area (Å²) in [5.74, 6) is 0. The van der Waals surface area contributed by atoms with Crippen molar-refractivity contribution in [3.8, 4) is 0 Å². The second-order valence-corrected chi connectivity index (χ2v) is 5.07. The first kappa shape index (κ1) is 9.31. The SMILES string of the molecule is C[C@@H]1CN(c2ccc(Cl)s2)CCN1. The number of hydrogen-bond acceptors (Lipinski definition) is 3. The zero-order valence-electron chi connectivity index (χ0n) is 7.59. The average molecular weight is 217 g/mol. The molecule has 0 amide bonds. The number of anilines is 1. The summed E-state index contributed by atoms with van der Waals surface area (Å²) >= 11 is 7.55. The van der Waals surface area contributed by atoms with Crippen LogP contribution >= 0.6 is 22.9 Å². The molecular formula is C9H13ClN2S. The van der Waals surface area contributed by atoms with Gasteiger partial charge in [0.05, 0.1) is 9.34 Å². The third-order valence-corrected chi connectivity index (χ3v) is 3.53. The molecule has 1 N–H and O–H groups in total. The molecule has 0 saturated carbocycles. The van der Waals surface area contributed by atoms with Crippen LogP contribution in [-0.4, -0.2) is 25.7 Å². The van der Waals surface area contributed by atoms with Crippen LogP contribution in [0.5, 0.6) is 0 Å². The molecule has 2 nitrogen and oxygen atoms in total. The van der Waals surface area contributed by atoms with E-state index >= 15 is 0 Å². The quantitative estimate of drug-likeness (QED) is 0.775. The van der Waals surface area contributed by atoms with Crippen LogP contribution in [0.3, 0.4) is 0 Å². The Hall–Kier alpha value is -0.250. The third-order valence-electron chi connectivity index (χ3n) is 2.24. The lowest BCUT2D eigenvalue weighted by Gasteiger charge is -2.32. The molecule has 0 aliphatic carbocycles. The normalized spacial score (nSPS) is 23.5. The monoisotopic (exact) mass is 216 g/mol. The van der Waals surface area contributed by atoms with Gasteiger partial charge in [-0.1, -0.05) is 11.6 Å². The topological polar surface area (TPSA) is 15.3 Å². The van der Waals surface area contributed by atoms with Gasteiger partial charge in [0.2, 0.25) is 0 Å². The standard InChI is InChI=1S/C9H13ClN2S/c1-7-6-12(5-4-11-7)9-3-2-8(10)13-9/h2-3,7,11H,4-6H2,1H3/t7-/m1/s1. The number of rotatable bonds is 1. The van der Waals surface area contributed by atoms with Gasteiger partial charge in [-0.05, 0) is 19.1 Å². The predicted octanol–water partition coefficient (Wildman–Crippen LogP) is 2.20. The highest BCUT2D eigenvalue weighted by molar-refractivity contribution is 7.19. The molecule has 1 aromatic heterocycles. The molecule has 2 rings (SSSR count). The van der Waals surface area contributed by atoms with Crippen molar-refractivity contribution >= 4 is 27.9 Å². The Kier molecular flexibility index (Phi) is 2.77. The van der Waals surface area contributed by atoms with Gasteiger partial charge in [-0.3, -0.25) is 0 Å². The predicted molar refractivity (Wildman–Crippen MR) is 59.0 cm³/mol. The van der Waals surface area contributed by atoms with Crippen LogP contribution in [-0.2, 0) is 0 Å². The van der Waals surface area contributed by atoms with Crippen molar-refractivity contribution in [2.45, 2.75) is 13.0 Å². The maximum Gasteiger partial charge on any atom is 0.0950 e. The van der Waals surface area contributed by atoms with E-state index in [1.54, 1.807) is 11.3 Å². The van der Waals surface area contributed by atoms with Crippen LogP contribution in [0.15, 0.2) is 12.1 Å². The molecule has 0 radical (unpaired) electrons. The summed E-state index contributed by atoms with van der Waals surface area (Å²) in [6, 6.07) is 4.65. The molecule has 4 heteroatoms. The molecule has 1 aromatic rings. The number of halogens is 1. The van der Waals surface area contributed by atoms with Crippen molar-refractivity contribution in [3.63, 3.8) is 0 Å². The van der Waals surface area contributed by atoms with Gasteiger partial charge in [-0.25, -0.2) is 0 Å². The van der Waals surface area contributed by atoms with Crippen molar-refractivity contribution in [1.82, 2.24) is 5.32 Å². The van der Waals surface area contributed by atoms with E-state index in [1.165, 1.54) is 5.00 Å². The Bertz CT molecular complexity index is 287. The Balaban J connectivity index is 2.08. The van der Waals surface area contributed by atoms with E-state index < -0.39 is 0 Å². The first-order chi connectivity index (χ1) is 6.25. The van der Waals surface area contributed by atoms with E-state index in [0.717, 1.165) is 24.0 Å². The molecule has 0 spiro atoms. The van der Waals surface area contributed by atoms with Crippen molar-refractivity contribution < 1.29 is 0 Å². The molecule has 0 unspecified atom stereocenters. The Morgan fingerprint density at radius 3 is 3.08 bits per heavy atom. The second kappa shape index (κ2) is 3.86.